The number of para-hydroxylation sites is 1. The second-order valence-corrected chi connectivity index (χ2v) is 4.71. The van der Waals surface area contributed by atoms with Crippen LogP contribution in [-0.4, -0.2) is 72.6 Å². The molecule has 0 fully saturated rings. The second kappa shape index (κ2) is 9.13. The summed E-state index contributed by atoms with van der Waals surface area (Å²) in [6.07, 6.45) is -6.03. The first kappa shape index (κ1) is 18.9. The van der Waals surface area contributed by atoms with Crippen molar-refractivity contribution in [2.24, 2.45) is 0 Å². The molecule has 0 aliphatic heterocycles. The van der Waals surface area contributed by atoms with E-state index in [0.717, 1.165) is 5.52 Å². The highest BCUT2D eigenvalue weighted by atomic mass is 16.4. The van der Waals surface area contributed by atoms with Crippen LogP contribution in [-0.2, 0) is 4.79 Å². The Morgan fingerprint density at radius 1 is 1.00 bits per heavy atom. The molecule has 0 saturated carbocycles. The summed E-state index contributed by atoms with van der Waals surface area (Å²) in [7, 11) is 0. The van der Waals surface area contributed by atoms with E-state index in [0.29, 0.717) is 0 Å². The number of rotatable bonds is 5. The first-order chi connectivity index (χ1) is 10.9. The molecule has 23 heavy (non-hydrogen) atoms. The van der Waals surface area contributed by atoms with Gasteiger partial charge in [-0.3, -0.25) is 4.98 Å². The second-order valence-electron chi connectivity index (χ2n) is 4.71. The molecular formula is C15H19NO7. The SMILES string of the molecule is O=C(O)C(O)C(O)C(O)C(O)CO.c1ccc2ncccc2c1. The minimum absolute atomic E-state index is 0.843. The maximum absolute atomic E-state index is 10.1. The van der Waals surface area contributed by atoms with Crippen molar-refractivity contribution in [1.82, 2.24) is 4.98 Å². The molecule has 0 radical (unpaired) electrons. The highest BCUT2D eigenvalue weighted by molar-refractivity contribution is 5.77. The maximum Gasteiger partial charge on any atom is 0.335 e. The largest absolute Gasteiger partial charge is 0.479 e. The van der Waals surface area contributed by atoms with Crippen molar-refractivity contribution in [1.29, 1.82) is 0 Å². The van der Waals surface area contributed by atoms with Crippen LogP contribution >= 0.6 is 0 Å². The van der Waals surface area contributed by atoms with Gasteiger partial charge in [0.1, 0.15) is 18.3 Å². The number of aliphatic hydroxyl groups is 5. The molecule has 0 bridgehead atoms. The zero-order valence-electron chi connectivity index (χ0n) is 12.1. The van der Waals surface area contributed by atoms with Gasteiger partial charge >= 0.3 is 5.97 Å². The molecule has 8 nitrogen and oxygen atoms in total. The van der Waals surface area contributed by atoms with Gasteiger partial charge in [-0.2, -0.15) is 0 Å². The molecule has 0 aliphatic carbocycles. The van der Waals surface area contributed by atoms with Gasteiger partial charge in [0.05, 0.1) is 12.1 Å². The molecule has 8 heteroatoms. The molecular weight excluding hydrogens is 306 g/mol. The summed E-state index contributed by atoms with van der Waals surface area (Å²) in [6, 6.07) is 12.1. The third-order valence-corrected chi connectivity index (χ3v) is 3.02. The van der Waals surface area contributed by atoms with Gasteiger partial charge in [-0.05, 0) is 12.1 Å². The molecule has 0 amide bonds. The lowest BCUT2D eigenvalue weighted by Crippen LogP contribution is -2.48. The molecule has 0 saturated heterocycles. The molecule has 126 valence electrons. The van der Waals surface area contributed by atoms with E-state index in [1.54, 1.807) is 0 Å². The first-order valence-corrected chi connectivity index (χ1v) is 6.74. The molecule has 0 aliphatic rings. The fourth-order valence-electron chi connectivity index (χ4n) is 1.68. The van der Waals surface area contributed by atoms with Crippen LogP contribution < -0.4 is 0 Å². The number of benzene rings is 1. The van der Waals surface area contributed by atoms with Gasteiger partial charge in [0, 0.05) is 11.6 Å². The summed E-state index contributed by atoms with van der Waals surface area (Å²) in [4.78, 5) is 14.3. The highest BCUT2D eigenvalue weighted by Gasteiger charge is 2.33. The topological polar surface area (TPSA) is 151 Å². The molecule has 2 rings (SSSR count). The van der Waals surface area contributed by atoms with E-state index in [-0.39, 0.29) is 0 Å². The van der Waals surface area contributed by atoms with Gasteiger partial charge in [-0.15, -0.1) is 0 Å². The monoisotopic (exact) mass is 325 g/mol. The van der Waals surface area contributed by atoms with Crippen LogP contribution in [0.2, 0.25) is 0 Å². The van der Waals surface area contributed by atoms with E-state index in [1.165, 1.54) is 5.39 Å². The Labute approximate surface area is 131 Å². The van der Waals surface area contributed by atoms with Gasteiger partial charge < -0.3 is 30.6 Å². The number of nitrogens with zero attached hydrogens (tertiary/aromatic N) is 1. The molecule has 6 N–H and O–H groups in total. The Bertz CT molecular complexity index is 556. The smallest absolute Gasteiger partial charge is 0.335 e. The summed E-state index contributed by atoms with van der Waals surface area (Å²) in [5, 5.41) is 53.0. The molecule has 4 atom stereocenters. The lowest BCUT2D eigenvalue weighted by atomic mass is 10.0. The number of carboxylic acid groups (broad SMARTS) is 1. The van der Waals surface area contributed by atoms with Gasteiger partial charge in [0.25, 0.3) is 0 Å². The first-order valence-electron chi connectivity index (χ1n) is 6.74. The molecule has 0 spiro atoms. The van der Waals surface area contributed by atoms with Crippen molar-refractivity contribution in [3.63, 3.8) is 0 Å². The van der Waals surface area contributed by atoms with E-state index in [1.807, 2.05) is 30.5 Å². The lowest BCUT2D eigenvalue weighted by molar-refractivity contribution is -0.164. The van der Waals surface area contributed by atoms with Gasteiger partial charge in [0.15, 0.2) is 6.10 Å². The Morgan fingerprint density at radius 3 is 2.17 bits per heavy atom. The number of carboxylic acids is 1. The fourth-order valence-corrected chi connectivity index (χ4v) is 1.68. The molecule has 1 heterocycles. The minimum Gasteiger partial charge on any atom is -0.479 e. The summed E-state index contributed by atoms with van der Waals surface area (Å²) in [5.41, 5.74) is 1.06. The summed E-state index contributed by atoms with van der Waals surface area (Å²) in [6.45, 7) is -0.843. The standard InChI is InChI=1S/C9H7N.C6H12O7/c1-2-6-9-8(4-1)5-3-7-10-9;7-1-2(8)3(9)4(10)5(11)6(12)13/h1-7H;2-5,7-11H,1H2,(H,12,13). The van der Waals surface area contributed by atoms with Crippen molar-refractivity contribution in [3.8, 4) is 0 Å². The average molecular weight is 325 g/mol. The number of aliphatic carboxylic acids is 1. The van der Waals surface area contributed by atoms with Crippen molar-refractivity contribution < 1.29 is 35.4 Å². The zero-order chi connectivity index (χ0) is 17.4. The third kappa shape index (κ3) is 5.55. The van der Waals surface area contributed by atoms with Gasteiger partial charge in [-0.1, -0.05) is 24.3 Å². The van der Waals surface area contributed by atoms with Crippen molar-refractivity contribution in [3.05, 3.63) is 42.6 Å². The Morgan fingerprint density at radius 2 is 1.61 bits per heavy atom. The predicted molar refractivity (Wildman–Crippen MR) is 80.5 cm³/mol. The van der Waals surface area contributed by atoms with Crippen LogP contribution in [0.15, 0.2) is 42.6 Å². The van der Waals surface area contributed by atoms with Crippen LogP contribution in [0.25, 0.3) is 10.9 Å². The van der Waals surface area contributed by atoms with Crippen LogP contribution in [0, 0.1) is 0 Å². The average Bonchev–Trinajstić information content (AvgIpc) is 2.59. The molecule has 4 unspecified atom stereocenters. The van der Waals surface area contributed by atoms with Crippen molar-refractivity contribution in [2.45, 2.75) is 24.4 Å². The highest BCUT2D eigenvalue weighted by Crippen LogP contribution is 2.08. The van der Waals surface area contributed by atoms with E-state index < -0.39 is 37.0 Å². The summed E-state index contributed by atoms with van der Waals surface area (Å²) < 4.78 is 0. The van der Waals surface area contributed by atoms with Gasteiger partial charge in [0.2, 0.25) is 0 Å². The van der Waals surface area contributed by atoms with E-state index >= 15 is 0 Å². The Balaban J connectivity index is 0.000000235. The van der Waals surface area contributed by atoms with Gasteiger partial charge in [-0.25, -0.2) is 4.79 Å². The summed E-state index contributed by atoms with van der Waals surface area (Å²) >= 11 is 0. The predicted octanol–water partition coefficient (Wildman–Crippen LogP) is -1.26. The van der Waals surface area contributed by atoms with Crippen molar-refractivity contribution >= 4 is 16.9 Å². The molecule has 1 aromatic carbocycles. The number of pyridine rings is 1. The number of hydrogen-bond acceptors (Lipinski definition) is 7. The maximum atomic E-state index is 10.1. The van der Waals surface area contributed by atoms with E-state index in [9.17, 15) is 4.79 Å². The van der Waals surface area contributed by atoms with E-state index in [2.05, 4.69) is 17.1 Å². The zero-order valence-corrected chi connectivity index (χ0v) is 12.1. The number of carbonyl (C=O) groups is 1. The minimum atomic E-state index is -2.20. The van der Waals surface area contributed by atoms with Crippen LogP contribution in [0.3, 0.4) is 0 Å². The van der Waals surface area contributed by atoms with Crippen LogP contribution in [0.5, 0.6) is 0 Å². The quantitative estimate of drug-likeness (QED) is 0.398. The summed E-state index contributed by atoms with van der Waals surface area (Å²) in [5.74, 6) is -1.73. The Kier molecular flexibility index (Phi) is 7.52. The van der Waals surface area contributed by atoms with E-state index in [4.69, 9.17) is 30.6 Å². The number of fused-ring (bicyclic) bond motifs is 1. The lowest BCUT2D eigenvalue weighted by Gasteiger charge is -2.23. The normalized spacial score (nSPS) is 15.9. The van der Waals surface area contributed by atoms with Crippen LogP contribution in [0.1, 0.15) is 0 Å². The van der Waals surface area contributed by atoms with Crippen LogP contribution in [0.4, 0.5) is 0 Å². The van der Waals surface area contributed by atoms with Crippen molar-refractivity contribution in [2.75, 3.05) is 6.61 Å². The fraction of sp³-hybridized carbons (Fsp3) is 0.333. The number of aromatic nitrogens is 1. The molecule has 1 aromatic heterocycles. The number of aliphatic hydroxyl groups excluding tert-OH is 5. The molecule has 2 aromatic rings. The Hall–Kier alpha value is -2.10. The third-order valence-electron chi connectivity index (χ3n) is 3.02. The number of hydrogen-bond donors (Lipinski definition) is 6.